The molecule has 1 aromatic rings. The van der Waals surface area contributed by atoms with Crippen molar-refractivity contribution in [2.75, 3.05) is 20.3 Å². The molecule has 1 aromatic heterocycles. The zero-order valence-corrected chi connectivity index (χ0v) is 10.3. The van der Waals surface area contributed by atoms with Gasteiger partial charge in [0.05, 0.1) is 6.54 Å². The maximum absolute atomic E-state index is 5.11. The Morgan fingerprint density at radius 3 is 2.94 bits per heavy atom. The van der Waals surface area contributed by atoms with Gasteiger partial charge >= 0.3 is 0 Å². The Balaban J connectivity index is 2.22. The number of nitrogens with one attached hydrogen (secondary N) is 1. The highest BCUT2D eigenvalue weighted by Gasteiger charge is 2.05. The SMILES string of the molecule is COCCCc1noc(CNCC(C)C)n1. The molecule has 0 amide bonds. The van der Waals surface area contributed by atoms with Crippen molar-refractivity contribution in [1.29, 1.82) is 0 Å². The fraction of sp³-hybridized carbons (Fsp3) is 0.818. The molecule has 0 radical (unpaired) electrons. The van der Waals surface area contributed by atoms with Crippen molar-refractivity contribution >= 4 is 0 Å². The zero-order chi connectivity index (χ0) is 11.8. The number of rotatable bonds is 8. The van der Waals surface area contributed by atoms with Crippen molar-refractivity contribution < 1.29 is 9.26 Å². The first-order chi connectivity index (χ1) is 7.72. The Bertz CT molecular complexity index is 287. The van der Waals surface area contributed by atoms with Gasteiger partial charge in [-0.2, -0.15) is 4.98 Å². The largest absolute Gasteiger partial charge is 0.385 e. The summed E-state index contributed by atoms with van der Waals surface area (Å²) < 4.78 is 10.1. The Labute approximate surface area is 96.6 Å². The van der Waals surface area contributed by atoms with E-state index in [2.05, 4.69) is 29.3 Å². The number of methoxy groups -OCH3 is 1. The van der Waals surface area contributed by atoms with Gasteiger partial charge < -0.3 is 14.6 Å². The van der Waals surface area contributed by atoms with E-state index in [-0.39, 0.29) is 0 Å². The van der Waals surface area contributed by atoms with Gasteiger partial charge in [0.25, 0.3) is 0 Å². The van der Waals surface area contributed by atoms with Crippen LogP contribution in [0.4, 0.5) is 0 Å². The number of aryl methyl sites for hydroxylation is 1. The summed E-state index contributed by atoms with van der Waals surface area (Å²) in [5, 5.41) is 7.16. The highest BCUT2D eigenvalue weighted by atomic mass is 16.5. The normalized spacial score (nSPS) is 11.2. The van der Waals surface area contributed by atoms with Crippen molar-refractivity contribution in [3.63, 3.8) is 0 Å². The first kappa shape index (κ1) is 13.1. The summed E-state index contributed by atoms with van der Waals surface area (Å²) in [5.74, 6) is 2.05. The van der Waals surface area contributed by atoms with E-state index in [0.29, 0.717) is 18.4 Å². The average Bonchev–Trinajstić information content (AvgIpc) is 2.66. The predicted molar refractivity (Wildman–Crippen MR) is 61.0 cm³/mol. The summed E-state index contributed by atoms with van der Waals surface area (Å²) in [6, 6.07) is 0. The molecule has 0 aliphatic heterocycles. The molecule has 0 aliphatic rings. The summed E-state index contributed by atoms with van der Waals surface area (Å²) in [4.78, 5) is 4.28. The van der Waals surface area contributed by atoms with Crippen LogP contribution in [0.1, 0.15) is 32.0 Å². The van der Waals surface area contributed by atoms with Crippen LogP contribution in [0.25, 0.3) is 0 Å². The molecule has 0 aliphatic carbocycles. The first-order valence-electron chi connectivity index (χ1n) is 5.73. The Morgan fingerprint density at radius 2 is 2.25 bits per heavy atom. The molecule has 0 bridgehead atoms. The fourth-order valence-electron chi connectivity index (χ4n) is 1.31. The van der Waals surface area contributed by atoms with E-state index in [4.69, 9.17) is 9.26 Å². The molecule has 0 saturated heterocycles. The van der Waals surface area contributed by atoms with E-state index in [1.54, 1.807) is 7.11 Å². The number of hydrogen-bond acceptors (Lipinski definition) is 5. The molecular formula is C11H21N3O2. The van der Waals surface area contributed by atoms with Crippen molar-refractivity contribution in [3.05, 3.63) is 11.7 Å². The van der Waals surface area contributed by atoms with E-state index in [0.717, 1.165) is 31.8 Å². The van der Waals surface area contributed by atoms with Crippen LogP contribution in [0.5, 0.6) is 0 Å². The van der Waals surface area contributed by atoms with Gasteiger partial charge in [0.2, 0.25) is 5.89 Å². The smallest absolute Gasteiger partial charge is 0.240 e. The molecule has 1 heterocycles. The van der Waals surface area contributed by atoms with E-state index in [9.17, 15) is 0 Å². The number of ether oxygens (including phenoxy) is 1. The van der Waals surface area contributed by atoms with Gasteiger partial charge in [-0.15, -0.1) is 0 Å². The number of nitrogens with zero attached hydrogens (tertiary/aromatic N) is 2. The molecule has 0 fully saturated rings. The molecule has 16 heavy (non-hydrogen) atoms. The standard InChI is InChI=1S/C11H21N3O2/c1-9(2)7-12-8-11-13-10(14-16-11)5-4-6-15-3/h9,12H,4-8H2,1-3H3. The maximum Gasteiger partial charge on any atom is 0.240 e. The number of hydrogen-bond donors (Lipinski definition) is 1. The van der Waals surface area contributed by atoms with Crippen LogP contribution in [-0.2, 0) is 17.7 Å². The van der Waals surface area contributed by atoms with Gasteiger partial charge in [0, 0.05) is 20.1 Å². The van der Waals surface area contributed by atoms with Gasteiger partial charge in [-0.3, -0.25) is 0 Å². The quantitative estimate of drug-likeness (QED) is 0.680. The third kappa shape index (κ3) is 5.23. The zero-order valence-electron chi connectivity index (χ0n) is 10.3. The van der Waals surface area contributed by atoms with Crippen LogP contribution in [0.15, 0.2) is 4.52 Å². The molecule has 0 spiro atoms. The molecule has 92 valence electrons. The second-order valence-corrected chi connectivity index (χ2v) is 4.23. The Kier molecular flexibility index (Phi) is 6.03. The Hall–Kier alpha value is -0.940. The third-order valence-electron chi connectivity index (χ3n) is 2.09. The minimum atomic E-state index is 0.629. The van der Waals surface area contributed by atoms with E-state index in [1.807, 2.05) is 0 Å². The second-order valence-electron chi connectivity index (χ2n) is 4.23. The van der Waals surface area contributed by atoms with Gasteiger partial charge in [-0.25, -0.2) is 0 Å². The second kappa shape index (κ2) is 7.35. The summed E-state index contributed by atoms with van der Waals surface area (Å²) in [7, 11) is 1.69. The molecule has 5 nitrogen and oxygen atoms in total. The van der Waals surface area contributed by atoms with Gasteiger partial charge in [-0.05, 0) is 18.9 Å². The first-order valence-corrected chi connectivity index (χ1v) is 5.73. The van der Waals surface area contributed by atoms with Crippen LogP contribution in [-0.4, -0.2) is 30.4 Å². The fourth-order valence-corrected chi connectivity index (χ4v) is 1.31. The molecule has 1 N–H and O–H groups in total. The Morgan fingerprint density at radius 1 is 1.44 bits per heavy atom. The van der Waals surface area contributed by atoms with Crippen molar-refractivity contribution in [1.82, 2.24) is 15.5 Å². The number of aromatic nitrogens is 2. The maximum atomic E-state index is 5.11. The van der Waals surface area contributed by atoms with Crippen LogP contribution in [0.3, 0.4) is 0 Å². The van der Waals surface area contributed by atoms with Crippen molar-refractivity contribution in [3.8, 4) is 0 Å². The summed E-state index contributed by atoms with van der Waals surface area (Å²) in [6.45, 7) is 6.67. The molecular weight excluding hydrogens is 206 g/mol. The van der Waals surface area contributed by atoms with Crippen molar-refractivity contribution in [2.24, 2.45) is 5.92 Å². The molecule has 0 aromatic carbocycles. The van der Waals surface area contributed by atoms with Crippen LogP contribution in [0, 0.1) is 5.92 Å². The molecule has 1 rings (SSSR count). The summed E-state index contributed by atoms with van der Waals surface area (Å²) in [6.07, 6.45) is 1.73. The third-order valence-corrected chi connectivity index (χ3v) is 2.09. The highest BCUT2D eigenvalue weighted by Crippen LogP contribution is 2.00. The van der Waals surface area contributed by atoms with E-state index in [1.165, 1.54) is 0 Å². The van der Waals surface area contributed by atoms with E-state index >= 15 is 0 Å². The minimum Gasteiger partial charge on any atom is -0.385 e. The van der Waals surface area contributed by atoms with Gasteiger partial charge in [0.15, 0.2) is 5.82 Å². The average molecular weight is 227 g/mol. The van der Waals surface area contributed by atoms with Gasteiger partial charge in [0.1, 0.15) is 0 Å². The lowest BCUT2D eigenvalue weighted by Crippen LogP contribution is -2.19. The summed E-state index contributed by atoms with van der Waals surface area (Å²) in [5.41, 5.74) is 0. The minimum absolute atomic E-state index is 0.629. The lowest BCUT2D eigenvalue weighted by Gasteiger charge is -2.03. The molecule has 5 heteroatoms. The van der Waals surface area contributed by atoms with Crippen LogP contribution >= 0.6 is 0 Å². The van der Waals surface area contributed by atoms with Crippen LogP contribution < -0.4 is 5.32 Å². The predicted octanol–water partition coefficient (Wildman–Crippen LogP) is 1.39. The topological polar surface area (TPSA) is 60.2 Å². The van der Waals surface area contributed by atoms with Crippen LogP contribution in [0.2, 0.25) is 0 Å². The lowest BCUT2D eigenvalue weighted by atomic mass is 10.2. The molecule has 0 saturated carbocycles. The van der Waals surface area contributed by atoms with Crippen molar-refractivity contribution in [2.45, 2.75) is 33.2 Å². The molecule has 0 unspecified atom stereocenters. The highest BCUT2D eigenvalue weighted by molar-refractivity contribution is 4.86. The molecule has 0 atom stereocenters. The lowest BCUT2D eigenvalue weighted by molar-refractivity contribution is 0.194. The monoisotopic (exact) mass is 227 g/mol. The van der Waals surface area contributed by atoms with E-state index < -0.39 is 0 Å². The van der Waals surface area contributed by atoms with Gasteiger partial charge in [-0.1, -0.05) is 19.0 Å². The summed E-state index contributed by atoms with van der Waals surface area (Å²) >= 11 is 0.